The Kier molecular flexibility index (Phi) is 6.10. The maximum absolute atomic E-state index is 5.35. The maximum atomic E-state index is 5.35. The molecule has 140 valence electrons. The minimum atomic E-state index is 0.662. The zero-order valence-corrected chi connectivity index (χ0v) is 15.8. The lowest BCUT2D eigenvalue weighted by Crippen LogP contribution is -2.08. The van der Waals surface area contributed by atoms with Gasteiger partial charge in [0, 0.05) is 24.4 Å². The quantitative estimate of drug-likeness (QED) is 0.624. The van der Waals surface area contributed by atoms with Crippen molar-refractivity contribution in [1.82, 2.24) is 9.97 Å². The molecular formula is C21H24N4O2. The van der Waals surface area contributed by atoms with Gasteiger partial charge in [-0.3, -0.25) is 0 Å². The van der Waals surface area contributed by atoms with Gasteiger partial charge in [0.2, 0.25) is 0 Å². The van der Waals surface area contributed by atoms with Gasteiger partial charge in [0.15, 0.2) is 11.5 Å². The fourth-order valence-electron chi connectivity index (χ4n) is 2.76. The summed E-state index contributed by atoms with van der Waals surface area (Å²) in [5, 5.41) is 6.66. The summed E-state index contributed by atoms with van der Waals surface area (Å²) < 4.78 is 10.6. The summed E-state index contributed by atoms with van der Waals surface area (Å²) in [6, 6.07) is 17.9. The van der Waals surface area contributed by atoms with Gasteiger partial charge >= 0.3 is 0 Å². The van der Waals surface area contributed by atoms with Crippen LogP contribution in [0.5, 0.6) is 11.5 Å². The van der Waals surface area contributed by atoms with Gasteiger partial charge in [-0.05, 0) is 31.0 Å². The number of nitrogens with one attached hydrogen (secondary N) is 2. The third-order valence-electron chi connectivity index (χ3n) is 4.06. The van der Waals surface area contributed by atoms with Gasteiger partial charge in [0.1, 0.15) is 17.5 Å². The lowest BCUT2D eigenvalue weighted by atomic mass is 10.1. The number of anilines is 3. The normalized spacial score (nSPS) is 10.3. The van der Waals surface area contributed by atoms with Crippen molar-refractivity contribution in [1.29, 1.82) is 0 Å². The summed E-state index contributed by atoms with van der Waals surface area (Å²) >= 11 is 0. The molecule has 3 rings (SSSR count). The molecule has 1 aromatic heterocycles. The van der Waals surface area contributed by atoms with E-state index in [1.54, 1.807) is 14.2 Å². The monoisotopic (exact) mass is 364 g/mol. The van der Waals surface area contributed by atoms with E-state index >= 15 is 0 Å². The van der Waals surface area contributed by atoms with Crippen LogP contribution < -0.4 is 20.1 Å². The molecule has 2 N–H and O–H groups in total. The second-order valence-electron chi connectivity index (χ2n) is 6.04. The average Bonchev–Trinajstić information content (AvgIpc) is 2.68. The molecular weight excluding hydrogens is 340 g/mol. The van der Waals surface area contributed by atoms with Crippen molar-refractivity contribution >= 4 is 17.3 Å². The number of hydrogen-bond donors (Lipinski definition) is 2. The van der Waals surface area contributed by atoms with E-state index in [1.165, 1.54) is 5.56 Å². The van der Waals surface area contributed by atoms with Gasteiger partial charge in [-0.15, -0.1) is 0 Å². The molecule has 0 aliphatic heterocycles. The predicted molar refractivity (Wildman–Crippen MR) is 108 cm³/mol. The highest BCUT2D eigenvalue weighted by molar-refractivity contribution is 5.63. The van der Waals surface area contributed by atoms with Crippen LogP contribution in [0.15, 0.2) is 54.6 Å². The Labute approximate surface area is 159 Å². The first kappa shape index (κ1) is 18.5. The van der Waals surface area contributed by atoms with E-state index in [1.807, 2.05) is 37.3 Å². The van der Waals surface area contributed by atoms with Crippen LogP contribution in [0.1, 0.15) is 11.4 Å². The number of benzene rings is 2. The smallest absolute Gasteiger partial charge is 0.162 e. The van der Waals surface area contributed by atoms with Crippen LogP contribution in [0.3, 0.4) is 0 Å². The number of methoxy groups -OCH3 is 2. The second kappa shape index (κ2) is 8.89. The van der Waals surface area contributed by atoms with E-state index in [0.717, 1.165) is 30.3 Å². The van der Waals surface area contributed by atoms with Gasteiger partial charge in [-0.25, -0.2) is 9.97 Å². The van der Waals surface area contributed by atoms with E-state index in [-0.39, 0.29) is 0 Å². The van der Waals surface area contributed by atoms with E-state index in [2.05, 4.69) is 44.9 Å². The largest absolute Gasteiger partial charge is 0.493 e. The number of nitrogens with zero attached hydrogens (tertiary/aromatic N) is 2. The molecule has 6 heteroatoms. The summed E-state index contributed by atoms with van der Waals surface area (Å²) in [5.41, 5.74) is 2.15. The number of aromatic nitrogens is 2. The minimum absolute atomic E-state index is 0.662. The Morgan fingerprint density at radius 1 is 0.852 bits per heavy atom. The third kappa shape index (κ3) is 5.10. The van der Waals surface area contributed by atoms with Crippen LogP contribution in [-0.4, -0.2) is 30.7 Å². The summed E-state index contributed by atoms with van der Waals surface area (Å²) in [6.07, 6.45) is 0.933. The van der Waals surface area contributed by atoms with Crippen molar-refractivity contribution in [2.75, 3.05) is 31.4 Å². The third-order valence-corrected chi connectivity index (χ3v) is 4.06. The topological polar surface area (TPSA) is 68.3 Å². The first-order chi connectivity index (χ1) is 13.2. The van der Waals surface area contributed by atoms with E-state index < -0.39 is 0 Å². The van der Waals surface area contributed by atoms with Gasteiger partial charge < -0.3 is 20.1 Å². The van der Waals surface area contributed by atoms with Gasteiger partial charge in [0.05, 0.1) is 14.2 Å². The lowest BCUT2D eigenvalue weighted by molar-refractivity contribution is 0.355. The first-order valence-corrected chi connectivity index (χ1v) is 8.80. The molecule has 0 atom stereocenters. The molecule has 0 spiro atoms. The number of hydrogen-bond acceptors (Lipinski definition) is 6. The van der Waals surface area contributed by atoms with Crippen LogP contribution >= 0.6 is 0 Å². The summed E-state index contributed by atoms with van der Waals surface area (Å²) in [4.78, 5) is 8.92. The van der Waals surface area contributed by atoms with Gasteiger partial charge in [0.25, 0.3) is 0 Å². The zero-order chi connectivity index (χ0) is 19.1. The number of rotatable bonds is 8. The molecule has 1 heterocycles. The number of aryl methyl sites for hydroxylation is 1. The summed E-state index contributed by atoms with van der Waals surface area (Å²) in [5.74, 6) is 3.56. The summed E-state index contributed by atoms with van der Waals surface area (Å²) in [6.45, 7) is 2.68. The molecule has 0 saturated carbocycles. The number of ether oxygens (including phenoxy) is 2. The van der Waals surface area contributed by atoms with Crippen molar-refractivity contribution in [2.24, 2.45) is 0 Å². The molecule has 0 amide bonds. The highest BCUT2D eigenvalue weighted by atomic mass is 16.5. The molecule has 0 unspecified atom stereocenters. The van der Waals surface area contributed by atoms with Crippen molar-refractivity contribution in [3.05, 3.63) is 66.0 Å². The van der Waals surface area contributed by atoms with Crippen molar-refractivity contribution < 1.29 is 9.47 Å². The molecule has 27 heavy (non-hydrogen) atoms. The lowest BCUT2D eigenvalue weighted by Gasteiger charge is -2.12. The standard InChI is InChI=1S/C21H24N4O2/c1-15-23-20(22-12-11-16-7-5-4-6-8-16)14-21(24-15)25-17-9-10-18(26-2)19(13-17)27-3/h4-10,13-14H,11-12H2,1-3H3,(H2,22,23,24,25). The molecule has 0 saturated heterocycles. The van der Waals surface area contributed by atoms with Gasteiger partial charge in [-0.2, -0.15) is 0 Å². The minimum Gasteiger partial charge on any atom is -0.493 e. The Bertz CT molecular complexity index is 885. The van der Waals surface area contributed by atoms with Crippen molar-refractivity contribution in [3.63, 3.8) is 0 Å². The van der Waals surface area contributed by atoms with E-state index in [4.69, 9.17) is 9.47 Å². The average molecular weight is 364 g/mol. The fraction of sp³-hybridized carbons (Fsp3) is 0.238. The van der Waals surface area contributed by atoms with Crippen LogP contribution in [0.2, 0.25) is 0 Å². The highest BCUT2D eigenvalue weighted by Gasteiger charge is 2.07. The van der Waals surface area contributed by atoms with Crippen LogP contribution in [0.25, 0.3) is 0 Å². The summed E-state index contributed by atoms with van der Waals surface area (Å²) in [7, 11) is 3.23. The molecule has 0 radical (unpaired) electrons. The molecule has 2 aromatic carbocycles. The van der Waals surface area contributed by atoms with Crippen LogP contribution in [0.4, 0.5) is 17.3 Å². The fourth-order valence-corrected chi connectivity index (χ4v) is 2.76. The molecule has 0 aliphatic carbocycles. The molecule has 0 aliphatic rings. The van der Waals surface area contributed by atoms with Gasteiger partial charge in [-0.1, -0.05) is 30.3 Å². The Balaban J connectivity index is 1.68. The van der Waals surface area contributed by atoms with Crippen molar-refractivity contribution in [3.8, 4) is 11.5 Å². The molecule has 0 bridgehead atoms. The Morgan fingerprint density at radius 2 is 1.59 bits per heavy atom. The first-order valence-electron chi connectivity index (χ1n) is 8.80. The molecule has 3 aromatic rings. The maximum Gasteiger partial charge on any atom is 0.162 e. The molecule has 0 fully saturated rings. The second-order valence-corrected chi connectivity index (χ2v) is 6.04. The Morgan fingerprint density at radius 3 is 2.33 bits per heavy atom. The van der Waals surface area contributed by atoms with Crippen LogP contribution in [-0.2, 0) is 6.42 Å². The molecule has 6 nitrogen and oxygen atoms in total. The van der Waals surface area contributed by atoms with Crippen LogP contribution in [0, 0.1) is 6.92 Å². The Hall–Kier alpha value is -3.28. The highest BCUT2D eigenvalue weighted by Crippen LogP contribution is 2.31. The van der Waals surface area contributed by atoms with Crippen molar-refractivity contribution in [2.45, 2.75) is 13.3 Å². The van der Waals surface area contributed by atoms with E-state index in [0.29, 0.717) is 17.3 Å². The zero-order valence-electron chi connectivity index (χ0n) is 15.8. The van der Waals surface area contributed by atoms with E-state index in [9.17, 15) is 0 Å². The predicted octanol–water partition coefficient (Wildman–Crippen LogP) is 4.20. The SMILES string of the molecule is COc1ccc(Nc2cc(NCCc3ccccc3)nc(C)n2)cc1OC.